The molecule has 0 spiro atoms. The van der Waals surface area contributed by atoms with Gasteiger partial charge in [-0.1, -0.05) is 26.0 Å². The van der Waals surface area contributed by atoms with E-state index < -0.39 is 12.0 Å². The molecular weight excluding hydrogens is 270 g/mol. The number of hydrogen-bond acceptors (Lipinski definition) is 4. The maximum absolute atomic E-state index is 12.1. The van der Waals surface area contributed by atoms with Gasteiger partial charge in [-0.15, -0.1) is 0 Å². The van der Waals surface area contributed by atoms with E-state index in [1.165, 1.54) is 7.11 Å². The molecule has 1 N–H and O–H groups in total. The highest BCUT2D eigenvalue weighted by atomic mass is 16.5. The van der Waals surface area contributed by atoms with E-state index in [4.69, 9.17) is 9.47 Å². The van der Waals surface area contributed by atoms with Crippen LogP contribution in [-0.2, 0) is 20.7 Å². The number of carbonyl (C=O) groups excluding carboxylic acids is 2. The summed E-state index contributed by atoms with van der Waals surface area (Å²) < 4.78 is 9.89. The number of aryl methyl sites for hydroxylation is 1. The van der Waals surface area contributed by atoms with Crippen molar-refractivity contribution in [1.29, 1.82) is 0 Å². The van der Waals surface area contributed by atoms with Crippen LogP contribution in [0.4, 0.5) is 0 Å². The Kier molecular flexibility index (Phi) is 6.21. The number of hydrogen-bond donors (Lipinski definition) is 1. The first kappa shape index (κ1) is 17.0. The van der Waals surface area contributed by atoms with Crippen LogP contribution >= 0.6 is 0 Å². The Morgan fingerprint density at radius 1 is 1.24 bits per heavy atom. The molecule has 0 saturated carbocycles. The predicted molar refractivity (Wildman–Crippen MR) is 80.2 cm³/mol. The third-order valence-electron chi connectivity index (χ3n) is 3.26. The molecule has 1 amide bonds. The molecule has 0 heterocycles. The predicted octanol–water partition coefficient (Wildman–Crippen LogP) is 1.86. The zero-order valence-corrected chi connectivity index (χ0v) is 13.2. The van der Waals surface area contributed by atoms with Gasteiger partial charge in [-0.2, -0.15) is 0 Å². The normalized spacial score (nSPS) is 11.9. The van der Waals surface area contributed by atoms with E-state index in [-0.39, 0.29) is 18.2 Å². The van der Waals surface area contributed by atoms with Gasteiger partial charge in [-0.05, 0) is 30.0 Å². The van der Waals surface area contributed by atoms with Crippen molar-refractivity contribution in [3.8, 4) is 5.75 Å². The van der Waals surface area contributed by atoms with E-state index in [0.717, 1.165) is 16.9 Å². The minimum absolute atomic E-state index is 0.0287. The molecule has 0 saturated heterocycles. The van der Waals surface area contributed by atoms with Gasteiger partial charge in [0, 0.05) is 0 Å². The van der Waals surface area contributed by atoms with Crippen LogP contribution in [0.15, 0.2) is 18.2 Å². The van der Waals surface area contributed by atoms with Crippen molar-refractivity contribution in [2.45, 2.75) is 33.2 Å². The molecule has 0 unspecified atom stereocenters. The lowest BCUT2D eigenvalue weighted by Gasteiger charge is -2.19. The van der Waals surface area contributed by atoms with Crippen LogP contribution in [-0.4, -0.2) is 32.1 Å². The van der Waals surface area contributed by atoms with Gasteiger partial charge in [0.15, 0.2) is 0 Å². The Bertz CT molecular complexity index is 511. The van der Waals surface area contributed by atoms with Crippen LogP contribution in [0.5, 0.6) is 5.75 Å². The molecule has 5 nitrogen and oxygen atoms in total. The Hall–Kier alpha value is -2.04. The minimum Gasteiger partial charge on any atom is -0.496 e. The van der Waals surface area contributed by atoms with Gasteiger partial charge in [0.05, 0.1) is 20.6 Å². The molecule has 1 aromatic carbocycles. The molecule has 1 rings (SSSR count). The summed E-state index contributed by atoms with van der Waals surface area (Å²) >= 11 is 0. The van der Waals surface area contributed by atoms with Crippen molar-refractivity contribution >= 4 is 11.9 Å². The van der Waals surface area contributed by atoms with Crippen molar-refractivity contribution in [3.05, 3.63) is 29.3 Å². The highest BCUT2D eigenvalue weighted by molar-refractivity contribution is 5.85. The number of ether oxygens (including phenoxy) is 2. The van der Waals surface area contributed by atoms with Crippen molar-refractivity contribution in [1.82, 2.24) is 5.32 Å². The number of amides is 1. The van der Waals surface area contributed by atoms with Crippen molar-refractivity contribution < 1.29 is 19.1 Å². The highest BCUT2D eigenvalue weighted by Crippen LogP contribution is 2.18. The van der Waals surface area contributed by atoms with Gasteiger partial charge < -0.3 is 14.8 Å². The Balaban J connectivity index is 2.72. The smallest absolute Gasteiger partial charge is 0.328 e. The monoisotopic (exact) mass is 293 g/mol. The van der Waals surface area contributed by atoms with Gasteiger partial charge in [-0.3, -0.25) is 4.79 Å². The van der Waals surface area contributed by atoms with E-state index in [1.807, 2.05) is 39.0 Å². The lowest BCUT2D eigenvalue weighted by Crippen LogP contribution is -2.45. The van der Waals surface area contributed by atoms with Gasteiger partial charge in [0.1, 0.15) is 11.8 Å². The van der Waals surface area contributed by atoms with E-state index >= 15 is 0 Å². The number of nitrogens with one attached hydrogen (secondary N) is 1. The quantitative estimate of drug-likeness (QED) is 0.813. The molecular formula is C16H23NO4. The van der Waals surface area contributed by atoms with Crippen molar-refractivity contribution in [2.75, 3.05) is 14.2 Å². The lowest BCUT2D eigenvalue weighted by atomic mass is 10.0. The fourth-order valence-corrected chi connectivity index (χ4v) is 2.09. The van der Waals surface area contributed by atoms with Gasteiger partial charge in [0.25, 0.3) is 0 Å². The second-order valence-electron chi connectivity index (χ2n) is 5.29. The first-order valence-corrected chi connectivity index (χ1v) is 6.89. The topological polar surface area (TPSA) is 64.6 Å². The number of rotatable bonds is 6. The largest absolute Gasteiger partial charge is 0.496 e. The van der Waals surface area contributed by atoms with Crippen LogP contribution in [0.25, 0.3) is 0 Å². The zero-order chi connectivity index (χ0) is 16.0. The average molecular weight is 293 g/mol. The summed E-state index contributed by atoms with van der Waals surface area (Å²) in [4.78, 5) is 23.7. The molecule has 0 radical (unpaired) electrons. The van der Waals surface area contributed by atoms with Crippen molar-refractivity contribution in [2.24, 2.45) is 5.92 Å². The average Bonchev–Trinajstić information content (AvgIpc) is 2.44. The number of methoxy groups -OCH3 is 2. The van der Waals surface area contributed by atoms with E-state index in [9.17, 15) is 9.59 Å². The molecule has 116 valence electrons. The fraction of sp³-hybridized carbons (Fsp3) is 0.500. The molecule has 1 atom stereocenters. The summed E-state index contributed by atoms with van der Waals surface area (Å²) in [6.45, 7) is 5.64. The summed E-state index contributed by atoms with van der Waals surface area (Å²) in [5.41, 5.74) is 1.84. The number of benzene rings is 1. The standard InChI is InChI=1S/C16H23NO4/c1-10(2)15(16(19)21-5)17-14(18)9-12-6-7-13(20-4)11(3)8-12/h6-8,10,15H,9H2,1-5H3,(H,17,18)/t15-/m0/s1. The van der Waals surface area contributed by atoms with Gasteiger partial charge in [0.2, 0.25) is 5.91 Å². The summed E-state index contributed by atoms with van der Waals surface area (Å²) in [6, 6.07) is 4.95. The maximum Gasteiger partial charge on any atom is 0.328 e. The first-order valence-electron chi connectivity index (χ1n) is 6.89. The molecule has 5 heteroatoms. The fourth-order valence-electron chi connectivity index (χ4n) is 2.09. The second kappa shape index (κ2) is 7.67. The summed E-state index contributed by atoms with van der Waals surface area (Å²) in [6.07, 6.45) is 0.213. The molecule has 0 aliphatic rings. The maximum atomic E-state index is 12.1. The second-order valence-corrected chi connectivity index (χ2v) is 5.29. The highest BCUT2D eigenvalue weighted by Gasteiger charge is 2.24. The molecule has 21 heavy (non-hydrogen) atoms. The molecule has 0 fully saturated rings. The number of carbonyl (C=O) groups is 2. The lowest BCUT2D eigenvalue weighted by molar-refractivity contribution is -0.146. The van der Waals surface area contributed by atoms with Crippen LogP contribution in [0, 0.1) is 12.8 Å². The van der Waals surface area contributed by atoms with Crippen LogP contribution in [0.1, 0.15) is 25.0 Å². The number of esters is 1. The molecule has 1 aromatic rings. The van der Waals surface area contributed by atoms with Gasteiger partial charge in [-0.25, -0.2) is 4.79 Å². The van der Waals surface area contributed by atoms with Crippen LogP contribution in [0.3, 0.4) is 0 Å². The van der Waals surface area contributed by atoms with Crippen molar-refractivity contribution in [3.63, 3.8) is 0 Å². The molecule has 0 aliphatic carbocycles. The Labute approximate surface area is 125 Å². The Morgan fingerprint density at radius 3 is 2.38 bits per heavy atom. The van der Waals surface area contributed by atoms with E-state index in [0.29, 0.717) is 0 Å². The Morgan fingerprint density at radius 2 is 1.90 bits per heavy atom. The molecule has 0 aromatic heterocycles. The van der Waals surface area contributed by atoms with E-state index in [1.54, 1.807) is 7.11 Å². The third kappa shape index (κ3) is 4.77. The molecule has 0 bridgehead atoms. The summed E-state index contributed by atoms with van der Waals surface area (Å²) in [5.74, 6) is 0.126. The summed E-state index contributed by atoms with van der Waals surface area (Å²) in [5, 5.41) is 2.72. The minimum atomic E-state index is -0.623. The van der Waals surface area contributed by atoms with Crippen LogP contribution in [0.2, 0.25) is 0 Å². The summed E-state index contributed by atoms with van der Waals surface area (Å²) in [7, 11) is 2.93. The zero-order valence-electron chi connectivity index (χ0n) is 13.2. The SMILES string of the molecule is COC(=O)[C@@H](NC(=O)Cc1ccc(OC)c(C)c1)C(C)C. The molecule has 0 aliphatic heterocycles. The first-order chi connectivity index (χ1) is 9.88. The van der Waals surface area contributed by atoms with E-state index in [2.05, 4.69) is 5.32 Å². The van der Waals surface area contributed by atoms with Crippen LogP contribution < -0.4 is 10.1 Å². The third-order valence-corrected chi connectivity index (χ3v) is 3.26. The van der Waals surface area contributed by atoms with Gasteiger partial charge >= 0.3 is 5.97 Å².